The summed E-state index contributed by atoms with van der Waals surface area (Å²) in [5.74, 6) is 0. The maximum Gasteiger partial charge on any atom is 0.345 e. The monoisotopic (exact) mass is 211 g/mol. The largest absolute Gasteiger partial charge is 0.345 e. The van der Waals surface area contributed by atoms with Gasteiger partial charge in [-0.25, -0.2) is 0 Å². The number of ether oxygens (including phenoxy) is 1. The van der Waals surface area contributed by atoms with Crippen molar-refractivity contribution in [1.29, 1.82) is 0 Å². The summed E-state index contributed by atoms with van der Waals surface area (Å²) in [5, 5.41) is 0.181. The van der Waals surface area contributed by atoms with Crippen LogP contribution >= 0.6 is 12.6 Å². The second kappa shape index (κ2) is 5.12. The number of likely N-dealkylation sites (N-methyl/N-ethyl adjacent to an activating group) is 1. The van der Waals surface area contributed by atoms with E-state index in [4.69, 9.17) is 0 Å². The van der Waals surface area contributed by atoms with E-state index in [1.165, 1.54) is 0 Å². The van der Waals surface area contributed by atoms with Gasteiger partial charge in [0.1, 0.15) is 0 Å². The van der Waals surface area contributed by atoms with E-state index in [2.05, 4.69) is 17.4 Å². The zero-order valence-corrected chi connectivity index (χ0v) is 8.51. The number of likely N-dealkylation sites (tertiary alicyclic amines) is 1. The first-order valence-electron chi connectivity index (χ1n) is 4.41. The predicted octanol–water partition coefficient (Wildman–Crippen LogP) is 1.97. The number of hydrogen-bond acceptors (Lipinski definition) is 3. The molecule has 1 fully saturated rings. The van der Waals surface area contributed by atoms with Crippen molar-refractivity contribution in [3.05, 3.63) is 0 Å². The van der Waals surface area contributed by atoms with Crippen molar-refractivity contribution < 1.29 is 13.5 Å². The molecule has 0 aromatic carbocycles. The molecule has 2 nitrogen and oxygen atoms in total. The molecular formula is C8H15F2NOS. The highest BCUT2D eigenvalue weighted by Crippen LogP contribution is 2.23. The van der Waals surface area contributed by atoms with Crippen molar-refractivity contribution >= 4 is 12.6 Å². The van der Waals surface area contributed by atoms with Crippen molar-refractivity contribution in [2.45, 2.75) is 37.3 Å². The fraction of sp³-hybridized carbons (Fsp3) is 1.00. The number of rotatable bonds is 3. The van der Waals surface area contributed by atoms with E-state index in [0.717, 1.165) is 19.3 Å². The zero-order chi connectivity index (χ0) is 9.84. The standard InChI is InChI=1S/C8H15F2NOS/c1-11-6(5-12-8(9)10)3-2-4-7(11)13/h6-8,13H,2-5H2,1H3. The van der Waals surface area contributed by atoms with Gasteiger partial charge in [-0.15, -0.1) is 0 Å². The Morgan fingerprint density at radius 3 is 2.85 bits per heavy atom. The number of piperidine rings is 1. The third-order valence-corrected chi connectivity index (χ3v) is 3.08. The van der Waals surface area contributed by atoms with Gasteiger partial charge in [-0.05, 0) is 26.3 Å². The average molecular weight is 211 g/mol. The van der Waals surface area contributed by atoms with E-state index in [1.54, 1.807) is 0 Å². The highest BCUT2D eigenvalue weighted by molar-refractivity contribution is 7.80. The van der Waals surface area contributed by atoms with Crippen LogP contribution in [0.1, 0.15) is 19.3 Å². The minimum atomic E-state index is -2.66. The van der Waals surface area contributed by atoms with Crippen LogP contribution in [0.15, 0.2) is 0 Å². The fourth-order valence-corrected chi connectivity index (χ4v) is 1.94. The summed E-state index contributed by atoms with van der Waals surface area (Å²) in [6.07, 6.45) is 2.97. The van der Waals surface area contributed by atoms with E-state index < -0.39 is 6.61 Å². The first-order chi connectivity index (χ1) is 6.11. The Balaban J connectivity index is 2.31. The molecule has 1 heterocycles. The molecule has 78 valence electrons. The minimum Gasteiger partial charge on any atom is -0.321 e. The molecule has 0 aromatic rings. The van der Waals surface area contributed by atoms with Crippen LogP contribution in [0.4, 0.5) is 8.78 Å². The van der Waals surface area contributed by atoms with Crippen LogP contribution in [0, 0.1) is 0 Å². The molecule has 1 rings (SSSR count). The lowest BCUT2D eigenvalue weighted by Gasteiger charge is -2.36. The van der Waals surface area contributed by atoms with Gasteiger partial charge in [-0.3, -0.25) is 4.90 Å². The molecule has 0 spiro atoms. The van der Waals surface area contributed by atoms with Crippen LogP contribution < -0.4 is 0 Å². The molecule has 1 aliphatic heterocycles. The summed E-state index contributed by atoms with van der Waals surface area (Å²) in [4.78, 5) is 2.00. The van der Waals surface area contributed by atoms with Crippen molar-refractivity contribution in [2.75, 3.05) is 13.7 Å². The summed E-state index contributed by atoms with van der Waals surface area (Å²) in [6.45, 7) is -2.56. The molecule has 0 aromatic heterocycles. The molecule has 1 aliphatic rings. The lowest BCUT2D eigenvalue weighted by molar-refractivity contribution is -0.143. The molecule has 13 heavy (non-hydrogen) atoms. The minimum absolute atomic E-state index is 0.0882. The molecule has 2 unspecified atom stereocenters. The Morgan fingerprint density at radius 1 is 1.54 bits per heavy atom. The van der Waals surface area contributed by atoms with Crippen LogP contribution in [0.25, 0.3) is 0 Å². The highest BCUT2D eigenvalue weighted by atomic mass is 32.1. The lowest BCUT2D eigenvalue weighted by atomic mass is 10.0. The molecule has 0 bridgehead atoms. The first-order valence-corrected chi connectivity index (χ1v) is 4.92. The molecule has 0 amide bonds. The van der Waals surface area contributed by atoms with Crippen molar-refractivity contribution in [3.63, 3.8) is 0 Å². The summed E-state index contributed by atoms with van der Waals surface area (Å²) in [7, 11) is 1.90. The maximum absolute atomic E-state index is 11.8. The average Bonchev–Trinajstić information content (AvgIpc) is 2.07. The van der Waals surface area contributed by atoms with Crippen molar-refractivity contribution in [1.82, 2.24) is 4.90 Å². The van der Waals surface area contributed by atoms with Crippen molar-refractivity contribution in [3.8, 4) is 0 Å². The molecule has 0 radical (unpaired) electrons. The van der Waals surface area contributed by atoms with E-state index in [1.807, 2.05) is 11.9 Å². The van der Waals surface area contributed by atoms with Crippen LogP contribution in [-0.2, 0) is 4.74 Å². The van der Waals surface area contributed by atoms with Gasteiger partial charge in [0.25, 0.3) is 0 Å². The quantitative estimate of drug-likeness (QED) is 0.716. The predicted molar refractivity (Wildman–Crippen MR) is 50.1 cm³/mol. The molecule has 0 N–H and O–H groups in total. The SMILES string of the molecule is CN1C(S)CCCC1COC(F)F. The zero-order valence-electron chi connectivity index (χ0n) is 7.62. The number of thiol groups is 1. The first kappa shape index (κ1) is 11.2. The third kappa shape index (κ3) is 3.40. The molecule has 5 heteroatoms. The van der Waals surface area contributed by atoms with E-state index >= 15 is 0 Å². The van der Waals surface area contributed by atoms with Gasteiger partial charge in [-0.2, -0.15) is 21.4 Å². The van der Waals surface area contributed by atoms with E-state index in [0.29, 0.717) is 0 Å². The normalized spacial score (nSPS) is 31.2. The summed E-state index contributed by atoms with van der Waals surface area (Å²) in [6, 6.07) is 0.0882. The Kier molecular flexibility index (Phi) is 4.41. The molecule has 0 aliphatic carbocycles. The topological polar surface area (TPSA) is 12.5 Å². The molecule has 0 saturated carbocycles. The molecular weight excluding hydrogens is 196 g/mol. The van der Waals surface area contributed by atoms with Crippen LogP contribution in [0.5, 0.6) is 0 Å². The fourth-order valence-electron chi connectivity index (χ4n) is 1.57. The highest BCUT2D eigenvalue weighted by Gasteiger charge is 2.25. The number of alkyl halides is 2. The number of nitrogens with zero attached hydrogens (tertiary/aromatic N) is 1. The summed E-state index contributed by atoms with van der Waals surface area (Å²) >= 11 is 4.34. The van der Waals surface area contributed by atoms with Gasteiger partial charge in [0, 0.05) is 6.04 Å². The third-order valence-electron chi connectivity index (χ3n) is 2.46. The number of hydrogen-bond donors (Lipinski definition) is 1. The van der Waals surface area contributed by atoms with Gasteiger partial charge >= 0.3 is 6.61 Å². The Morgan fingerprint density at radius 2 is 2.23 bits per heavy atom. The second-order valence-electron chi connectivity index (χ2n) is 3.32. The van der Waals surface area contributed by atoms with Crippen LogP contribution in [0.2, 0.25) is 0 Å². The maximum atomic E-state index is 11.8. The smallest absolute Gasteiger partial charge is 0.321 e. The Bertz CT molecular complexity index is 159. The van der Waals surface area contributed by atoms with Gasteiger partial charge in [-0.1, -0.05) is 0 Å². The number of halogens is 2. The Hall–Kier alpha value is 0.130. The van der Waals surface area contributed by atoms with Gasteiger partial charge in [0.15, 0.2) is 0 Å². The van der Waals surface area contributed by atoms with E-state index in [-0.39, 0.29) is 18.0 Å². The molecule has 1 saturated heterocycles. The van der Waals surface area contributed by atoms with Crippen LogP contribution in [-0.4, -0.2) is 36.6 Å². The second-order valence-corrected chi connectivity index (χ2v) is 3.92. The molecule has 2 atom stereocenters. The van der Waals surface area contributed by atoms with Crippen LogP contribution in [0.3, 0.4) is 0 Å². The van der Waals surface area contributed by atoms with Gasteiger partial charge < -0.3 is 4.74 Å². The lowest BCUT2D eigenvalue weighted by Crippen LogP contribution is -2.44. The van der Waals surface area contributed by atoms with Gasteiger partial charge in [0.2, 0.25) is 0 Å². The van der Waals surface area contributed by atoms with Crippen molar-refractivity contribution in [2.24, 2.45) is 0 Å². The van der Waals surface area contributed by atoms with Gasteiger partial charge in [0.05, 0.1) is 12.0 Å². The summed E-state index contributed by atoms with van der Waals surface area (Å²) in [5.41, 5.74) is 0. The van der Waals surface area contributed by atoms with E-state index in [9.17, 15) is 8.78 Å². The Labute approximate surface area is 82.6 Å². The summed E-state index contributed by atoms with van der Waals surface area (Å²) < 4.78 is 27.8.